The van der Waals surface area contributed by atoms with E-state index in [1.165, 1.54) is 23.5 Å². The van der Waals surface area contributed by atoms with Crippen molar-refractivity contribution in [2.75, 3.05) is 39.2 Å². The summed E-state index contributed by atoms with van der Waals surface area (Å²) in [7, 11) is 5.42. The third kappa shape index (κ3) is 4.86. The summed E-state index contributed by atoms with van der Waals surface area (Å²) in [4.78, 5) is 31.7. The number of rotatable bonds is 8. The lowest BCUT2D eigenvalue weighted by atomic mass is 10.1. The summed E-state index contributed by atoms with van der Waals surface area (Å²) in [5.41, 5.74) is 1.30. The van der Waals surface area contributed by atoms with E-state index in [1.807, 2.05) is 19.0 Å². The lowest BCUT2D eigenvalue weighted by Crippen LogP contribution is -2.37. The number of non-ortho nitro benzene ring substituents is 1. The van der Waals surface area contributed by atoms with E-state index in [1.54, 1.807) is 36.3 Å². The Morgan fingerprint density at radius 2 is 1.90 bits per heavy atom. The van der Waals surface area contributed by atoms with Crippen molar-refractivity contribution in [3.63, 3.8) is 0 Å². The SMILES string of the molecule is COc1ccc(Cl)c2sc(N(CCN(C)C)C(=O)Cc3ccc([N+](=O)[O-])cc3)nc12. The number of amides is 1. The molecule has 158 valence electrons. The van der Waals surface area contributed by atoms with Crippen molar-refractivity contribution in [1.29, 1.82) is 0 Å². The number of benzene rings is 2. The van der Waals surface area contributed by atoms with E-state index >= 15 is 0 Å². The van der Waals surface area contributed by atoms with Crippen molar-refractivity contribution >= 4 is 49.9 Å². The van der Waals surface area contributed by atoms with Crippen LogP contribution < -0.4 is 9.64 Å². The number of anilines is 1. The van der Waals surface area contributed by atoms with Crippen LogP contribution in [0.2, 0.25) is 5.02 Å². The fourth-order valence-corrected chi connectivity index (χ4v) is 4.15. The number of halogens is 1. The van der Waals surface area contributed by atoms with Crippen LogP contribution in [0, 0.1) is 10.1 Å². The van der Waals surface area contributed by atoms with Gasteiger partial charge in [-0.2, -0.15) is 0 Å². The molecule has 0 saturated carbocycles. The van der Waals surface area contributed by atoms with Gasteiger partial charge in [-0.15, -0.1) is 0 Å². The Hall–Kier alpha value is -2.75. The fraction of sp³-hybridized carbons (Fsp3) is 0.300. The summed E-state index contributed by atoms with van der Waals surface area (Å²) in [5.74, 6) is 0.437. The van der Waals surface area contributed by atoms with Crippen LogP contribution in [-0.2, 0) is 11.2 Å². The smallest absolute Gasteiger partial charge is 0.269 e. The fourth-order valence-electron chi connectivity index (χ4n) is 2.85. The molecule has 0 aliphatic rings. The van der Waals surface area contributed by atoms with Crippen LogP contribution in [0.4, 0.5) is 10.8 Å². The second-order valence-corrected chi connectivity index (χ2v) is 8.26. The lowest BCUT2D eigenvalue weighted by Gasteiger charge is -2.22. The average molecular weight is 449 g/mol. The largest absolute Gasteiger partial charge is 0.494 e. The molecule has 0 saturated heterocycles. The number of nitro benzene ring substituents is 1. The van der Waals surface area contributed by atoms with Crippen LogP contribution in [-0.4, -0.2) is 55.0 Å². The number of likely N-dealkylation sites (N-methyl/N-ethyl adjacent to an activating group) is 1. The van der Waals surface area contributed by atoms with Gasteiger partial charge in [-0.3, -0.25) is 19.8 Å². The van der Waals surface area contributed by atoms with Crippen LogP contribution >= 0.6 is 22.9 Å². The summed E-state index contributed by atoms with van der Waals surface area (Å²) in [6.07, 6.45) is 0.103. The Bertz CT molecular complexity index is 1070. The van der Waals surface area contributed by atoms with Gasteiger partial charge >= 0.3 is 0 Å². The molecule has 0 fully saturated rings. The molecule has 0 aliphatic heterocycles. The molecule has 2 aromatic carbocycles. The van der Waals surface area contributed by atoms with Crippen molar-refractivity contribution in [1.82, 2.24) is 9.88 Å². The molecule has 1 aromatic heterocycles. The molecule has 0 atom stereocenters. The Balaban J connectivity index is 1.92. The van der Waals surface area contributed by atoms with Crippen molar-refractivity contribution in [2.24, 2.45) is 0 Å². The zero-order valence-corrected chi connectivity index (χ0v) is 18.4. The molecular weight excluding hydrogens is 428 g/mol. The van der Waals surface area contributed by atoms with Gasteiger partial charge in [0.15, 0.2) is 5.13 Å². The first-order valence-corrected chi connectivity index (χ1v) is 10.3. The number of carbonyl (C=O) groups is 1. The van der Waals surface area contributed by atoms with Crippen molar-refractivity contribution in [3.8, 4) is 5.75 Å². The molecule has 3 rings (SSSR count). The van der Waals surface area contributed by atoms with E-state index in [0.717, 1.165) is 4.70 Å². The van der Waals surface area contributed by atoms with Crippen molar-refractivity contribution in [3.05, 3.63) is 57.1 Å². The first kappa shape index (κ1) is 21.9. The Kier molecular flexibility index (Phi) is 6.86. The van der Waals surface area contributed by atoms with Gasteiger partial charge in [0, 0.05) is 25.2 Å². The molecule has 8 nitrogen and oxygen atoms in total. The van der Waals surface area contributed by atoms with Gasteiger partial charge < -0.3 is 9.64 Å². The molecular formula is C20H21ClN4O4S. The predicted molar refractivity (Wildman–Crippen MR) is 119 cm³/mol. The maximum atomic E-state index is 13.1. The van der Waals surface area contributed by atoms with Crippen LogP contribution in [0.3, 0.4) is 0 Å². The van der Waals surface area contributed by atoms with E-state index in [4.69, 9.17) is 16.3 Å². The molecule has 0 bridgehead atoms. The summed E-state index contributed by atoms with van der Waals surface area (Å²) in [6, 6.07) is 9.48. The van der Waals surface area contributed by atoms with E-state index in [-0.39, 0.29) is 18.0 Å². The molecule has 0 aliphatic carbocycles. The Morgan fingerprint density at radius 1 is 1.20 bits per heavy atom. The van der Waals surface area contributed by atoms with E-state index in [9.17, 15) is 14.9 Å². The van der Waals surface area contributed by atoms with Gasteiger partial charge in [0.1, 0.15) is 11.3 Å². The van der Waals surface area contributed by atoms with Crippen LogP contribution in [0.1, 0.15) is 5.56 Å². The van der Waals surface area contributed by atoms with Gasteiger partial charge in [-0.1, -0.05) is 35.1 Å². The number of methoxy groups -OCH3 is 1. The number of ether oxygens (including phenoxy) is 1. The zero-order valence-electron chi connectivity index (χ0n) is 16.8. The minimum Gasteiger partial charge on any atom is -0.494 e. The molecule has 30 heavy (non-hydrogen) atoms. The maximum Gasteiger partial charge on any atom is 0.269 e. The monoisotopic (exact) mass is 448 g/mol. The van der Waals surface area contributed by atoms with Crippen molar-refractivity contribution in [2.45, 2.75) is 6.42 Å². The highest BCUT2D eigenvalue weighted by atomic mass is 35.5. The number of nitrogens with zero attached hydrogens (tertiary/aromatic N) is 4. The second kappa shape index (κ2) is 9.38. The third-order valence-electron chi connectivity index (χ3n) is 4.47. The molecule has 0 spiro atoms. The zero-order chi connectivity index (χ0) is 21.8. The van der Waals surface area contributed by atoms with Crippen LogP contribution in [0.15, 0.2) is 36.4 Å². The Morgan fingerprint density at radius 3 is 2.50 bits per heavy atom. The highest BCUT2D eigenvalue weighted by molar-refractivity contribution is 7.23. The normalized spacial score (nSPS) is 11.1. The van der Waals surface area contributed by atoms with E-state index in [0.29, 0.717) is 40.1 Å². The number of fused-ring (bicyclic) bond motifs is 1. The predicted octanol–water partition coefficient (Wildman–Crippen LogP) is 4.00. The first-order valence-electron chi connectivity index (χ1n) is 9.11. The number of hydrogen-bond acceptors (Lipinski definition) is 7. The molecule has 3 aromatic rings. The van der Waals surface area contributed by atoms with Gasteiger partial charge in [0.05, 0.1) is 28.2 Å². The summed E-state index contributed by atoms with van der Waals surface area (Å²) < 4.78 is 6.13. The Labute approximate surface area is 182 Å². The molecule has 1 heterocycles. The molecule has 0 radical (unpaired) electrons. The average Bonchev–Trinajstić information content (AvgIpc) is 3.14. The quantitative estimate of drug-likeness (QED) is 0.382. The maximum absolute atomic E-state index is 13.1. The standard InChI is InChI=1S/C20H21ClN4O4S/c1-23(2)10-11-24(17(26)12-13-4-6-14(7-5-13)25(27)28)20-22-18-16(29-3)9-8-15(21)19(18)30-20/h4-9H,10-12H2,1-3H3. The van der Waals surface area contributed by atoms with E-state index in [2.05, 4.69) is 4.98 Å². The molecule has 0 unspecified atom stereocenters. The highest BCUT2D eigenvalue weighted by Crippen LogP contribution is 2.38. The minimum atomic E-state index is -0.465. The highest BCUT2D eigenvalue weighted by Gasteiger charge is 2.22. The van der Waals surface area contributed by atoms with Gasteiger partial charge in [-0.05, 0) is 31.8 Å². The second-order valence-electron chi connectivity index (χ2n) is 6.87. The number of carbonyl (C=O) groups excluding carboxylic acids is 1. The van der Waals surface area contributed by atoms with Crippen molar-refractivity contribution < 1.29 is 14.5 Å². The van der Waals surface area contributed by atoms with E-state index < -0.39 is 4.92 Å². The number of hydrogen-bond donors (Lipinski definition) is 0. The topological polar surface area (TPSA) is 88.8 Å². The molecule has 0 N–H and O–H groups in total. The van der Waals surface area contributed by atoms with Crippen LogP contribution in [0.5, 0.6) is 5.75 Å². The van der Waals surface area contributed by atoms with Crippen LogP contribution in [0.25, 0.3) is 10.2 Å². The number of nitro groups is 1. The molecule has 10 heteroatoms. The summed E-state index contributed by atoms with van der Waals surface area (Å²) in [5, 5.41) is 11.9. The van der Waals surface area contributed by atoms with Gasteiger partial charge in [0.25, 0.3) is 5.69 Å². The first-order chi connectivity index (χ1) is 14.3. The van der Waals surface area contributed by atoms with Gasteiger partial charge in [0.2, 0.25) is 5.91 Å². The number of aromatic nitrogens is 1. The molecule has 1 amide bonds. The third-order valence-corrected chi connectivity index (χ3v) is 6.01. The summed E-state index contributed by atoms with van der Waals surface area (Å²) >= 11 is 7.66. The minimum absolute atomic E-state index is 0.0106. The summed E-state index contributed by atoms with van der Waals surface area (Å²) in [6.45, 7) is 1.09. The number of thiazole rings is 1. The van der Waals surface area contributed by atoms with Gasteiger partial charge in [-0.25, -0.2) is 4.98 Å². The lowest BCUT2D eigenvalue weighted by molar-refractivity contribution is -0.384.